The van der Waals surface area contributed by atoms with E-state index in [1.54, 1.807) is 25.7 Å². The van der Waals surface area contributed by atoms with Gasteiger partial charge in [-0.1, -0.05) is 6.58 Å². The molecule has 0 fully saturated rings. The molecule has 0 saturated heterocycles. The van der Waals surface area contributed by atoms with Crippen LogP contribution in [0.25, 0.3) is 0 Å². The van der Waals surface area contributed by atoms with E-state index in [-0.39, 0.29) is 66.5 Å². The number of allylic oxidation sites excluding steroid dienone is 2. The zero-order chi connectivity index (χ0) is 27.8. The lowest BCUT2D eigenvalue weighted by atomic mass is 10.1. The van der Waals surface area contributed by atoms with Crippen molar-refractivity contribution in [2.45, 2.75) is 40.7 Å². The van der Waals surface area contributed by atoms with Crippen molar-refractivity contribution in [2.24, 2.45) is 0 Å². The van der Waals surface area contributed by atoms with Crippen LogP contribution in [0.1, 0.15) is 60.4 Å². The third-order valence-corrected chi connectivity index (χ3v) is 5.54. The van der Waals surface area contributed by atoms with Gasteiger partial charge in [-0.05, 0) is 51.5 Å². The normalized spacial score (nSPS) is 10.6. The van der Waals surface area contributed by atoms with Gasteiger partial charge in [-0.25, -0.2) is 19.2 Å². The molecule has 10 nitrogen and oxygen atoms in total. The van der Waals surface area contributed by atoms with Crippen molar-refractivity contribution >= 4 is 32.8 Å². The van der Waals surface area contributed by atoms with E-state index < -0.39 is 20.9 Å². The first-order valence-corrected chi connectivity index (χ1v) is 12.1. The molecule has 0 aliphatic rings. The second-order valence-corrected chi connectivity index (χ2v) is 8.18. The Kier molecular flexibility index (Phi) is 14.0. The van der Waals surface area contributed by atoms with Crippen molar-refractivity contribution in [1.29, 1.82) is 5.26 Å². The zero-order valence-electron chi connectivity index (χ0n) is 21.2. The largest absolute Gasteiger partial charge is 0.498 e. The second kappa shape index (κ2) is 16.6. The van der Waals surface area contributed by atoms with Gasteiger partial charge in [0.25, 0.3) is 0 Å². The summed E-state index contributed by atoms with van der Waals surface area (Å²) >= 11 is 0. The Balaban J connectivity index is 3.29. The van der Waals surface area contributed by atoms with Crippen LogP contribution in [0.3, 0.4) is 0 Å². The summed E-state index contributed by atoms with van der Waals surface area (Å²) in [5, 5.41) is 8.72. The molecule has 0 N–H and O–H groups in total. The van der Waals surface area contributed by atoms with Crippen LogP contribution in [0.4, 0.5) is 0 Å². The minimum Gasteiger partial charge on any atom is -0.498 e. The van der Waals surface area contributed by atoms with Crippen LogP contribution in [-0.2, 0) is 34.9 Å². The average molecular weight is 528 g/mol. The highest BCUT2D eigenvalue weighted by atomic mass is 31.1. The van der Waals surface area contributed by atoms with E-state index in [0.717, 1.165) is 0 Å². The van der Waals surface area contributed by atoms with Crippen LogP contribution in [0.5, 0.6) is 0 Å². The van der Waals surface area contributed by atoms with E-state index >= 15 is 0 Å². The van der Waals surface area contributed by atoms with Gasteiger partial charge in [-0.3, -0.25) is 4.67 Å². The molecule has 0 saturated carbocycles. The summed E-state index contributed by atoms with van der Waals surface area (Å²) in [6.45, 7) is 10.5. The summed E-state index contributed by atoms with van der Waals surface area (Å²) in [5.74, 6) is 2.33. The van der Waals surface area contributed by atoms with Crippen LogP contribution in [-0.4, -0.2) is 48.3 Å². The van der Waals surface area contributed by atoms with Crippen molar-refractivity contribution in [1.82, 2.24) is 4.67 Å². The smallest absolute Gasteiger partial charge is 0.338 e. The van der Waals surface area contributed by atoms with Gasteiger partial charge in [0.2, 0.25) is 0 Å². The number of carbonyl (C=O) groups excluding carboxylic acids is 4. The van der Waals surface area contributed by atoms with Crippen LogP contribution in [0, 0.1) is 11.3 Å². The summed E-state index contributed by atoms with van der Waals surface area (Å²) in [5.41, 5.74) is 1.51. The van der Waals surface area contributed by atoms with Crippen molar-refractivity contribution in [2.75, 3.05) is 19.8 Å². The predicted octanol–water partition coefficient (Wildman–Crippen LogP) is 4.21. The van der Waals surface area contributed by atoms with Crippen molar-refractivity contribution < 1.29 is 37.9 Å². The maximum Gasteiger partial charge on any atom is 0.338 e. The quantitative estimate of drug-likeness (QED) is 0.0814. The Morgan fingerprint density at radius 3 is 2.08 bits per heavy atom. The third-order valence-electron chi connectivity index (χ3n) is 4.57. The Morgan fingerprint density at radius 2 is 1.59 bits per heavy atom. The summed E-state index contributed by atoms with van der Waals surface area (Å²) in [4.78, 5) is 47.3. The number of benzene rings is 1. The van der Waals surface area contributed by atoms with E-state index in [9.17, 15) is 19.2 Å². The minimum absolute atomic E-state index is 0.0574. The molecule has 1 aromatic rings. The fraction of sp³-hybridized carbons (Fsp3) is 0.346. The molecule has 0 aromatic heterocycles. The van der Waals surface area contributed by atoms with Gasteiger partial charge in [0.15, 0.2) is 0 Å². The molecule has 1 unspecified atom stereocenters. The Bertz CT molecular complexity index is 1140. The number of hydrogen-bond donors (Lipinski definition) is 0. The van der Waals surface area contributed by atoms with Crippen LogP contribution >= 0.6 is 8.96 Å². The lowest BCUT2D eigenvalue weighted by Gasteiger charge is -2.27. The molecule has 37 heavy (non-hydrogen) atoms. The molecule has 0 amide bonds. The van der Waals surface area contributed by atoms with Crippen molar-refractivity contribution in [3.05, 3.63) is 70.3 Å². The van der Waals surface area contributed by atoms with Crippen molar-refractivity contribution in [3.63, 3.8) is 0 Å². The Labute approximate surface area is 217 Å². The molecule has 0 spiro atoms. The predicted molar refractivity (Wildman–Crippen MR) is 136 cm³/mol. The second-order valence-electron chi connectivity index (χ2n) is 7.26. The van der Waals surface area contributed by atoms with E-state index in [4.69, 9.17) is 24.0 Å². The van der Waals surface area contributed by atoms with E-state index in [0.29, 0.717) is 5.56 Å². The summed E-state index contributed by atoms with van der Waals surface area (Å²) in [7, 11) is -0.515. The number of hydrogen-bond acceptors (Lipinski definition) is 10. The molecule has 0 bridgehead atoms. The molecular weight excluding hydrogens is 499 g/mol. The molecule has 1 rings (SSSR count). The van der Waals surface area contributed by atoms with Gasteiger partial charge in [0.1, 0.15) is 33.7 Å². The summed E-state index contributed by atoms with van der Waals surface area (Å²) < 4.78 is 22.7. The molecule has 196 valence electrons. The van der Waals surface area contributed by atoms with E-state index in [1.807, 2.05) is 6.07 Å². The minimum atomic E-state index is -0.606. The van der Waals surface area contributed by atoms with Gasteiger partial charge < -0.3 is 18.7 Å². The summed E-state index contributed by atoms with van der Waals surface area (Å²) in [6, 6.07) is 6.38. The fourth-order valence-corrected chi connectivity index (χ4v) is 3.66. The highest BCUT2D eigenvalue weighted by Gasteiger charge is 2.20. The van der Waals surface area contributed by atoms with Crippen molar-refractivity contribution in [3.8, 4) is 6.07 Å². The first kappa shape index (κ1) is 31.1. The summed E-state index contributed by atoms with van der Waals surface area (Å²) in [6.07, 6.45) is 1.39. The van der Waals surface area contributed by atoms with Gasteiger partial charge in [0, 0.05) is 0 Å². The monoisotopic (exact) mass is 528 g/mol. The van der Waals surface area contributed by atoms with E-state index in [1.165, 1.54) is 43.0 Å². The number of ether oxygens (including phenoxy) is 3. The van der Waals surface area contributed by atoms with Gasteiger partial charge in [-0.15, -0.1) is 0 Å². The van der Waals surface area contributed by atoms with E-state index in [2.05, 4.69) is 6.58 Å². The molecule has 0 heterocycles. The lowest BCUT2D eigenvalue weighted by Crippen LogP contribution is -2.16. The average Bonchev–Trinajstić information content (AvgIpc) is 2.90. The standard InChI is InChI=1S/C26H29N2O8P/c1-6-34-25(31)22-11-21(12-23(13-22)26(32)35-7-2)16-36-37-28(20(5)18(3)14-29)24(19(4)15-30)17-33-10-8-9-27/h11-13,17,37H,5-8,10,16H2,1-4H3/b24-17+. The van der Waals surface area contributed by atoms with Crippen LogP contribution in [0.2, 0.25) is 0 Å². The lowest BCUT2D eigenvalue weighted by molar-refractivity contribution is 0.0525. The number of nitrogens with zero attached hydrogens (tertiary/aromatic N) is 2. The zero-order valence-corrected chi connectivity index (χ0v) is 22.2. The fourth-order valence-electron chi connectivity index (χ4n) is 2.70. The Hall–Kier alpha value is -3.98. The molecule has 0 aliphatic carbocycles. The number of rotatable bonds is 15. The van der Waals surface area contributed by atoms with Gasteiger partial charge in [-0.2, -0.15) is 5.26 Å². The first-order valence-electron chi connectivity index (χ1n) is 11.2. The van der Waals surface area contributed by atoms with Gasteiger partial charge in [0.05, 0.1) is 66.0 Å². The molecule has 0 radical (unpaired) electrons. The van der Waals surface area contributed by atoms with Crippen LogP contribution < -0.4 is 0 Å². The van der Waals surface area contributed by atoms with Crippen LogP contribution in [0.15, 0.2) is 53.6 Å². The maximum atomic E-state index is 12.3. The SMILES string of the molecule is C=C(C(C)=C=O)N(POCc1cc(C(=O)OCC)cc(C(=O)OCC)c1)/C(=C/OCCC#N)C(C)=C=O. The third kappa shape index (κ3) is 9.89. The number of esters is 2. The highest BCUT2D eigenvalue weighted by molar-refractivity contribution is 7.29. The molecular formula is C26H29N2O8P. The molecule has 0 aliphatic heterocycles. The Morgan fingerprint density at radius 1 is 1.03 bits per heavy atom. The maximum absolute atomic E-state index is 12.3. The topological polar surface area (TPSA) is 132 Å². The number of carbonyl (C=O) groups is 2. The number of nitriles is 1. The van der Waals surface area contributed by atoms with Gasteiger partial charge >= 0.3 is 11.9 Å². The highest BCUT2D eigenvalue weighted by Crippen LogP contribution is 2.35. The first-order chi connectivity index (χ1) is 17.7. The molecule has 1 aromatic carbocycles. The molecule has 11 heteroatoms. The molecule has 1 atom stereocenters.